The summed E-state index contributed by atoms with van der Waals surface area (Å²) in [6, 6.07) is 1.69. The number of hydrogen-bond acceptors (Lipinski definition) is 6. The summed E-state index contributed by atoms with van der Waals surface area (Å²) in [6.07, 6.45) is 0. The number of hydrogen-bond donors (Lipinski definition) is 2. The third-order valence-electron chi connectivity index (χ3n) is 3.26. The highest BCUT2D eigenvalue weighted by atomic mass is 32.2. The molecule has 0 bridgehead atoms. The van der Waals surface area contributed by atoms with Crippen molar-refractivity contribution in [1.82, 2.24) is 19.7 Å². The fourth-order valence-electron chi connectivity index (χ4n) is 2.01. The fraction of sp³-hybridized carbons (Fsp3) is 0.429. The molecule has 0 radical (unpaired) electrons. The summed E-state index contributed by atoms with van der Waals surface area (Å²) < 4.78 is 1.74. The molecule has 118 valence electrons. The van der Waals surface area contributed by atoms with Crippen LogP contribution in [-0.4, -0.2) is 30.9 Å². The molecule has 0 fully saturated rings. The lowest BCUT2D eigenvalue weighted by molar-refractivity contribution is -0.115. The topological polar surface area (TPSA) is 98.7 Å². The maximum absolute atomic E-state index is 12.3. The van der Waals surface area contributed by atoms with E-state index in [1.54, 1.807) is 10.7 Å². The number of nitrogens with two attached hydrogens (primary N) is 1. The predicted molar refractivity (Wildman–Crippen MR) is 87.8 cm³/mol. The Hall–Kier alpha value is -2.09. The van der Waals surface area contributed by atoms with Gasteiger partial charge >= 0.3 is 0 Å². The summed E-state index contributed by atoms with van der Waals surface area (Å²) in [5, 5.41) is 7.36. The standard InChI is InChI=1S/C14H20N6OS/c1-7-6-11(15)17-14(16-7)22-10(4)13(21)18-12-8(2)19-20(5)9(12)3/h6,10H,1-5H3,(H,18,21)(H2,15,16,17)/t10-/m0/s1. The zero-order chi connectivity index (χ0) is 16.4. The van der Waals surface area contributed by atoms with Gasteiger partial charge in [-0.3, -0.25) is 9.48 Å². The second-order valence-electron chi connectivity index (χ2n) is 5.14. The molecule has 3 N–H and O–H groups in total. The Balaban J connectivity index is 2.09. The van der Waals surface area contributed by atoms with Gasteiger partial charge in [0.25, 0.3) is 0 Å². The number of carbonyl (C=O) groups is 1. The molecule has 2 aromatic heterocycles. The van der Waals surface area contributed by atoms with Crippen LogP contribution < -0.4 is 11.1 Å². The molecule has 2 aromatic rings. The quantitative estimate of drug-likeness (QED) is 0.659. The van der Waals surface area contributed by atoms with Gasteiger partial charge in [0.2, 0.25) is 5.91 Å². The minimum atomic E-state index is -0.347. The highest BCUT2D eigenvalue weighted by molar-refractivity contribution is 8.00. The van der Waals surface area contributed by atoms with Crippen molar-refractivity contribution in [3.05, 3.63) is 23.1 Å². The molecule has 0 saturated carbocycles. The van der Waals surface area contributed by atoms with E-state index in [1.165, 1.54) is 11.8 Å². The Morgan fingerprint density at radius 1 is 1.36 bits per heavy atom. The number of rotatable bonds is 4. The molecule has 1 atom stereocenters. The molecule has 2 heterocycles. The molecule has 1 amide bonds. The van der Waals surface area contributed by atoms with Crippen molar-refractivity contribution in [2.45, 2.75) is 38.1 Å². The first-order valence-electron chi connectivity index (χ1n) is 6.86. The minimum Gasteiger partial charge on any atom is -0.384 e. The van der Waals surface area contributed by atoms with Gasteiger partial charge in [0.15, 0.2) is 5.16 Å². The van der Waals surface area contributed by atoms with Gasteiger partial charge in [-0.25, -0.2) is 9.97 Å². The van der Waals surface area contributed by atoms with Crippen molar-refractivity contribution < 1.29 is 4.79 Å². The van der Waals surface area contributed by atoms with Crippen molar-refractivity contribution >= 4 is 29.2 Å². The van der Waals surface area contributed by atoms with Gasteiger partial charge in [0, 0.05) is 18.8 Å². The zero-order valence-electron chi connectivity index (χ0n) is 13.3. The Kier molecular flexibility index (Phi) is 4.70. The van der Waals surface area contributed by atoms with E-state index >= 15 is 0 Å². The maximum Gasteiger partial charge on any atom is 0.237 e. The van der Waals surface area contributed by atoms with Crippen molar-refractivity contribution in [2.75, 3.05) is 11.1 Å². The number of amides is 1. The normalized spacial score (nSPS) is 12.2. The van der Waals surface area contributed by atoms with Gasteiger partial charge < -0.3 is 11.1 Å². The molecule has 0 saturated heterocycles. The Bertz CT molecular complexity index is 691. The van der Waals surface area contributed by atoms with Crippen LogP contribution in [-0.2, 0) is 11.8 Å². The summed E-state index contributed by atoms with van der Waals surface area (Å²) in [5.41, 5.74) is 8.94. The highest BCUT2D eigenvalue weighted by Crippen LogP contribution is 2.24. The second-order valence-corrected chi connectivity index (χ2v) is 6.44. The maximum atomic E-state index is 12.3. The first kappa shape index (κ1) is 16.3. The van der Waals surface area contributed by atoms with Crippen LogP contribution >= 0.6 is 11.8 Å². The molecule has 0 spiro atoms. The predicted octanol–water partition coefficient (Wildman–Crippen LogP) is 1.84. The van der Waals surface area contributed by atoms with Crippen LogP contribution in [0.1, 0.15) is 24.0 Å². The van der Waals surface area contributed by atoms with Gasteiger partial charge in [-0.05, 0) is 27.7 Å². The van der Waals surface area contributed by atoms with Crippen LogP contribution in [0.5, 0.6) is 0 Å². The highest BCUT2D eigenvalue weighted by Gasteiger charge is 2.19. The second kappa shape index (κ2) is 6.35. The van der Waals surface area contributed by atoms with E-state index in [4.69, 9.17) is 5.73 Å². The first-order valence-corrected chi connectivity index (χ1v) is 7.74. The first-order chi connectivity index (χ1) is 10.3. The van der Waals surface area contributed by atoms with E-state index < -0.39 is 0 Å². The Morgan fingerprint density at radius 2 is 2.05 bits per heavy atom. The summed E-state index contributed by atoms with van der Waals surface area (Å²) in [6.45, 7) is 7.43. The van der Waals surface area contributed by atoms with Gasteiger partial charge in [-0.1, -0.05) is 11.8 Å². The van der Waals surface area contributed by atoms with Crippen molar-refractivity contribution in [1.29, 1.82) is 0 Å². The van der Waals surface area contributed by atoms with E-state index in [0.29, 0.717) is 11.0 Å². The summed E-state index contributed by atoms with van der Waals surface area (Å²) >= 11 is 1.28. The van der Waals surface area contributed by atoms with Crippen molar-refractivity contribution in [3.63, 3.8) is 0 Å². The van der Waals surface area contributed by atoms with Gasteiger partial charge in [-0.15, -0.1) is 0 Å². The lowest BCUT2D eigenvalue weighted by atomic mass is 10.3. The molecule has 22 heavy (non-hydrogen) atoms. The number of thioether (sulfide) groups is 1. The third kappa shape index (κ3) is 3.56. The monoisotopic (exact) mass is 320 g/mol. The smallest absolute Gasteiger partial charge is 0.237 e. The molecule has 7 nitrogen and oxygen atoms in total. The molecule has 0 unspecified atom stereocenters. The largest absolute Gasteiger partial charge is 0.384 e. The summed E-state index contributed by atoms with van der Waals surface area (Å²) in [5.74, 6) is 0.287. The van der Waals surface area contributed by atoms with Crippen LogP contribution in [0.2, 0.25) is 0 Å². The van der Waals surface area contributed by atoms with E-state index in [-0.39, 0.29) is 11.2 Å². The van der Waals surface area contributed by atoms with Crippen LogP contribution in [0.4, 0.5) is 11.5 Å². The van der Waals surface area contributed by atoms with Crippen LogP contribution in [0, 0.1) is 20.8 Å². The van der Waals surface area contributed by atoms with E-state index in [2.05, 4.69) is 20.4 Å². The number of aryl methyl sites for hydroxylation is 3. The SMILES string of the molecule is Cc1cc(N)nc(S[C@@H](C)C(=O)Nc2c(C)nn(C)c2C)n1. The van der Waals surface area contributed by atoms with Crippen molar-refractivity contribution in [3.8, 4) is 0 Å². The van der Waals surface area contributed by atoms with Crippen LogP contribution in [0.15, 0.2) is 11.2 Å². The number of anilines is 2. The molecular formula is C14H20N6OS. The Labute approximate surface area is 133 Å². The van der Waals surface area contributed by atoms with E-state index in [1.807, 2.05) is 34.7 Å². The minimum absolute atomic E-state index is 0.118. The Morgan fingerprint density at radius 3 is 2.59 bits per heavy atom. The zero-order valence-corrected chi connectivity index (χ0v) is 14.2. The van der Waals surface area contributed by atoms with Gasteiger partial charge in [0.05, 0.1) is 22.3 Å². The van der Waals surface area contributed by atoms with E-state index in [9.17, 15) is 4.79 Å². The van der Waals surface area contributed by atoms with E-state index in [0.717, 1.165) is 22.8 Å². The summed E-state index contributed by atoms with van der Waals surface area (Å²) in [4.78, 5) is 20.8. The average molecular weight is 320 g/mol. The number of nitrogens with zero attached hydrogens (tertiary/aromatic N) is 4. The molecule has 0 aliphatic carbocycles. The fourth-order valence-corrected chi connectivity index (χ4v) is 2.85. The summed E-state index contributed by atoms with van der Waals surface area (Å²) in [7, 11) is 1.85. The lowest BCUT2D eigenvalue weighted by Crippen LogP contribution is -2.23. The lowest BCUT2D eigenvalue weighted by Gasteiger charge is -2.12. The van der Waals surface area contributed by atoms with Gasteiger partial charge in [-0.2, -0.15) is 5.10 Å². The number of nitrogens with one attached hydrogen (secondary N) is 1. The number of nitrogen functional groups attached to an aromatic ring is 1. The van der Waals surface area contributed by atoms with Crippen LogP contribution in [0.3, 0.4) is 0 Å². The third-order valence-corrected chi connectivity index (χ3v) is 4.22. The molecular weight excluding hydrogens is 300 g/mol. The van der Waals surface area contributed by atoms with Crippen LogP contribution in [0.25, 0.3) is 0 Å². The molecule has 8 heteroatoms. The number of carbonyl (C=O) groups excluding carboxylic acids is 1. The number of aromatic nitrogens is 4. The van der Waals surface area contributed by atoms with Crippen molar-refractivity contribution in [2.24, 2.45) is 7.05 Å². The average Bonchev–Trinajstić information content (AvgIpc) is 2.64. The molecule has 0 aliphatic rings. The molecule has 2 rings (SSSR count). The van der Waals surface area contributed by atoms with Gasteiger partial charge in [0.1, 0.15) is 5.82 Å². The molecule has 0 aromatic carbocycles. The molecule has 0 aliphatic heterocycles.